The van der Waals surface area contributed by atoms with Crippen LogP contribution in [0, 0.1) is 11.3 Å². The van der Waals surface area contributed by atoms with Crippen molar-refractivity contribution in [3.8, 4) is 0 Å². The number of piperidine rings is 1. The van der Waals surface area contributed by atoms with Crippen molar-refractivity contribution in [3.63, 3.8) is 0 Å². The van der Waals surface area contributed by atoms with E-state index in [0.717, 1.165) is 5.56 Å². The second-order valence-electron chi connectivity index (χ2n) is 12.3. The number of ether oxygens (including phenoxy) is 1. The molecule has 0 bridgehead atoms. The highest BCUT2D eigenvalue weighted by Gasteiger charge is 2.49. The van der Waals surface area contributed by atoms with Crippen LogP contribution in [0.1, 0.15) is 79.2 Å². The lowest BCUT2D eigenvalue weighted by Crippen LogP contribution is -2.57. The Morgan fingerprint density at radius 3 is 2.43 bits per heavy atom. The first-order valence-electron chi connectivity index (χ1n) is 13.2. The zero-order valence-electron chi connectivity index (χ0n) is 22.9. The number of aliphatic hydroxyl groups is 1. The molecule has 1 aliphatic heterocycles. The molecule has 2 fully saturated rings. The molecule has 0 unspecified atom stereocenters. The van der Waals surface area contributed by atoms with Gasteiger partial charge in [0.2, 0.25) is 11.8 Å². The van der Waals surface area contributed by atoms with Gasteiger partial charge in [-0.25, -0.2) is 4.79 Å². The molecular weight excluding hydrogens is 494 g/mol. The van der Waals surface area contributed by atoms with E-state index in [2.05, 4.69) is 10.6 Å². The van der Waals surface area contributed by atoms with E-state index in [1.54, 1.807) is 17.0 Å². The minimum atomic E-state index is -1.07. The average Bonchev–Trinajstić information content (AvgIpc) is 3.23. The highest BCUT2D eigenvalue weighted by Crippen LogP contribution is 2.46. The van der Waals surface area contributed by atoms with Crippen LogP contribution in [0.4, 0.5) is 4.79 Å². The molecule has 0 aromatic heterocycles. The van der Waals surface area contributed by atoms with Crippen molar-refractivity contribution in [2.45, 2.75) is 96.9 Å². The molecule has 1 heterocycles. The Morgan fingerprint density at radius 2 is 1.84 bits per heavy atom. The third kappa shape index (κ3) is 7.38. The van der Waals surface area contributed by atoms with Crippen molar-refractivity contribution in [3.05, 3.63) is 34.9 Å². The van der Waals surface area contributed by atoms with Gasteiger partial charge in [-0.1, -0.05) is 37.6 Å². The number of likely N-dealkylation sites (tertiary alicyclic amines) is 1. The Balaban J connectivity index is 1.48. The van der Waals surface area contributed by atoms with Gasteiger partial charge in [0, 0.05) is 47.9 Å². The Hall–Kier alpha value is -2.32. The summed E-state index contributed by atoms with van der Waals surface area (Å²) in [5.74, 6) is -0.347. The van der Waals surface area contributed by atoms with E-state index < -0.39 is 22.7 Å². The van der Waals surface area contributed by atoms with Crippen molar-refractivity contribution in [2.24, 2.45) is 11.3 Å². The molecule has 1 aliphatic carbocycles. The summed E-state index contributed by atoms with van der Waals surface area (Å²) in [7, 11) is 0. The summed E-state index contributed by atoms with van der Waals surface area (Å²) in [6.07, 6.45) is 2.08. The molecule has 4 atom stereocenters. The number of hydrogen-bond acceptors (Lipinski definition) is 5. The molecular formula is C28H42ClN3O5. The lowest BCUT2D eigenvalue weighted by molar-refractivity contribution is -0.153. The molecule has 206 valence electrons. The zero-order chi connectivity index (χ0) is 27.6. The number of hydrogen-bond donors (Lipinski definition) is 3. The van der Waals surface area contributed by atoms with Gasteiger partial charge < -0.3 is 25.4 Å². The molecule has 0 radical (unpaired) electrons. The number of rotatable bonds is 6. The normalized spacial score (nSPS) is 26.3. The first kappa shape index (κ1) is 29.2. The van der Waals surface area contributed by atoms with Crippen molar-refractivity contribution in [1.82, 2.24) is 15.5 Å². The van der Waals surface area contributed by atoms with E-state index in [4.69, 9.17) is 16.3 Å². The quantitative estimate of drug-likeness (QED) is 0.501. The van der Waals surface area contributed by atoms with Crippen LogP contribution in [-0.4, -0.2) is 58.7 Å². The predicted molar refractivity (Wildman–Crippen MR) is 143 cm³/mol. The second kappa shape index (κ2) is 11.2. The zero-order valence-corrected chi connectivity index (χ0v) is 23.7. The minimum absolute atomic E-state index is 0.0464. The van der Waals surface area contributed by atoms with Crippen molar-refractivity contribution in [1.29, 1.82) is 0 Å². The maximum Gasteiger partial charge on any atom is 0.407 e. The minimum Gasteiger partial charge on any atom is -0.444 e. The largest absolute Gasteiger partial charge is 0.444 e. The smallest absolute Gasteiger partial charge is 0.407 e. The molecule has 8 nitrogen and oxygen atoms in total. The van der Waals surface area contributed by atoms with Gasteiger partial charge in [-0.2, -0.15) is 0 Å². The van der Waals surface area contributed by atoms with Gasteiger partial charge in [-0.05, 0) is 71.1 Å². The highest BCUT2D eigenvalue weighted by molar-refractivity contribution is 6.30. The first-order valence-corrected chi connectivity index (χ1v) is 13.5. The molecule has 3 N–H and O–H groups in total. The fraction of sp³-hybridized carbons (Fsp3) is 0.679. The van der Waals surface area contributed by atoms with Crippen LogP contribution in [0.5, 0.6) is 0 Å². The van der Waals surface area contributed by atoms with Crippen LogP contribution in [-0.2, 0) is 19.9 Å². The summed E-state index contributed by atoms with van der Waals surface area (Å²) in [6, 6.07) is 6.81. The molecule has 37 heavy (non-hydrogen) atoms. The first-order chi connectivity index (χ1) is 17.1. The van der Waals surface area contributed by atoms with Crippen LogP contribution in [0.25, 0.3) is 0 Å². The average molecular weight is 536 g/mol. The molecule has 2 aliphatic rings. The molecule has 1 saturated carbocycles. The standard InChI is InChI=1S/C28H42ClN3O5/c1-18(30-24(34)19-7-12-22(16-19)31-25(35)37-26(2,3)4)15-23(33)32-14-13-28(36,27(5,6)17-32)20-8-10-21(29)11-9-20/h8-11,18-19,22,36H,7,12-17H2,1-6H3,(H,30,34)(H,31,35)/t18-,19-,22-,28+/m1/s1. The van der Waals surface area contributed by atoms with Gasteiger partial charge in [0.1, 0.15) is 5.60 Å². The molecule has 1 aromatic rings. The van der Waals surface area contributed by atoms with Crippen molar-refractivity contribution < 1.29 is 24.2 Å². The van der Waals surface area contributed by atoms with Crippen LogP contribution in [0.15, 0.2) is 24.3 Å². The Bertz CT molecular complexity index is 991. The molecule has 1 saturated heterocycles. The highest BCUT2D eigenvalue weighted by atomic mass is 35.5. The van der Waals surface area contributed by atoms with E-state index in [0.29, 0.717) is 43.8 Å². The predicted octanol–water partition coefficient (Wildman–Crippen LogP) is 4.37. The SMILES string of the molecule is C[C@H](CC(=O)N1CC[C@](O)(c2ccc(Cl)cc2)C(C)(C)C1)NC(=O)[C@@H]1CC[C@@H](NC(=O)OC(C)(C)C)C1. The van der Waals surface area contributed by atoms with E-state index in [-0.39, 0.29) is 36.2 Å². The van der Waals surface area contributed by atoms with Crippen LogP contribution in [0.3, 0.4) is 0 Å². The number of alkyl carbamates (subject to hydrolysis) is 1. The third-order valence-corrected chi connectivity index (χ3v) is 7.77. The van der Waals surface area contributed by atoms with E-state index >= 15 is 0 Å². The number of carbonyl (C=O) groups excluding carboxylic acids is 3. The number of amides is 3. The van der Waals surface area contributed by atoms with Gasteiger partial charge in [0.25, 0.3) is 0 Å². The van der Waals surface area contributed by atoms with Crippen LogP contribution < -0.4 is 10.6 Å². The Labute approximate surface area is 225 Å². The topological polar surface area (TPSA) is 108 Å². The molecule has 0 spiro atoms. The summed E-state index contributed by atoms with van der Waals surface area (Å²) >= 11 is 6.02. The summed E-state index contributed by atoms with van der Waals surface area (Å²) in [6.45, 7) is 12.0. The second-order valence-corrected chi connectivity index (χ2v) is 12.7. The Kier molecular flexibility index (Phi) is 8.85. The maximum absolute atomic E-state index is 13.1. The fourth-order valence-electron chi connectivity index (χ4n) is 5.42. The van der Waals surface area contributed by atoms with Crippen molar-refractivity contribution >= 4 is 29.5 Å². The maximum atomic E-state index is 13.1. The van der Waals surface area contributed by atoms with Gasteiger partial charge in [0.15, 0.2) is 0 Å². The Morgan fingerprint density at radius 1 is 1.19 bits per heavy atom. The fourth-order valence-corrected chi connectivity index (χ4v) is 5.55. The van der Waals surface area contributed by atoms with Gasteiger partial charge in [0.05, 0.1) is 5.60 Å². The summed E-state index contributed by atoms with van der Waals surface area (Å²) in [5, 5.41) is 18.0. The van der Waals surface area contributed by atoms with Crippen LogP contribution in [0.2, 0.25) is 5.02 Å². The van der Waals surface area contributed by atoms with E-state index in [1.165, 1.54) is 0 Å². The van der Waals surface area contributed by atoms with Gasteiger partial charge in [-0.15, -0.1) is 0 Å². The third-order valence-electron chi connectivity index (χ3n) is 7.52. The van der Waals surface area contributed by atoms with E-state index in [9.17, 15) is 19.5 Å². The van der Waals surface area contributed by atoms with Crippen molar-refractivity contribution in [2.75, 3.05) is 13.1 Å². The van der Waals surface area contributed by atoms with E-state index in [1.807, 2.05) is 53.7 Å². The number of nitrogens with zero attached hydrogens (tertiary/aromatic N) is 1. The molecule has 1 aromatic carbocycles. The summed E-state index contributed by atoms with van der Waals surface area (Å²) in [5.41, 5.74) is -1.41. The summed E-state index contributed by atoms with van der Waals surface area (Å²) < 4.78 is 5.30. The number of nitrogens with one attached hydrogen (secondary N) is 2. The number of benzene rings is 1. The number of halogens is 1. The van der Waals surface area contributed by atoms with Crippen LogP contribution >= 0.6 is 11.6 Å². The van der Waals surface area contributed by atoms with Gasteiger partial charge >= 0.3 is 6.09 Å². The monoisotopic (exact) mass is 535 g/mol. The lowest BCUT2D eigenvalue weighted by Gasteiger charge is -2.50. The van der Waals surface area contributed by atoms with Gasteiger partial charge in [-0.3, -0.25) is 9.59 Å². The lowest BCUT2D eigenvalue weighted by atomic mass is 9.66. The summed E-state index contributed by atoms with van der Waals surface area (Å²) in [4.78, 5) is 39.7. The molecule has 9 heteroatoms. The molecule has 3 amide bonds. The number of carbonyl (C=O) groups is 3. The molecule has 3 rings (SSSR count).